The number of phosphoric ester groups is 1. The van der Waals surface area contributed by atoms with Gasteiger partial charge >= 0.3 is 19.8 Å². The minimum Gasteiger partial charge on any atom is -0.458 e. The largest absolute Gasteiger partial charge is 0.472 e. The van der Waals surface area contributed by atoms with E-state index in [4.69, 9.17) is 19.9 Å². The smallest absolute Gasteiger partial charge is 0.458 e. The number of carbonyl (C=O) groups is 2. The summed E-state index contributed by atoms with van der Waals surface area (Å²) in [5.41, 5.74) is 2.06. The molecule has 10 heteroatoms. The molecule has 0 amide bonds. The Labute approximate surface area is 314 Å². The second-order valence-corrected chi connectivity index (χ2v) is 15.4. The van der Waals surface area contributed by atoms with E-state index < -0.39 is 32.5 Å². The van der Waals surface area contributed by atoms with E-state index in [1.807, 2.05) is 0 Å². The molecule has 9 nitrogen and oxygen atoms in total. The van der Waals surface area contributed by atoms with Gasteiger partial charge in [0.25, 0.3) is 0 Å². The van der Waals surface area contributed by atoms with Crippen LogP contribution in [0.3, 0.4) is 0 Å². The van der Waals surface area contributed by atoms with Crippen molar-refractivity contribution in [3.63, 3.8) is 0 Å². The predicted octanol–water partition coefficient (Wildman–Crippen LogP) is 11.6. The van der Waals surface area contributed by atoms with Crippen molar-refractivity contribution in [2.75, 3.05) is 26.4 Å². The van der Waals surface area contributed by atoms with E-state index in [-0.39, 0.29) is 19.8 Å². The van der Waals surface area contributed by atoms with Crippen LogP contribution >= 0.6 is 7.82 Å². The Morgan fingerprint density at radius 3 is 1.41 bits per heavy atom. The van der Waals surface area contributed by atoms with Crippen molar-refractivity contribution in [3.8, 4) is 0 Å². The zero-order chi connectivity index (χ0) is 38.2. The first-order valence-corrected chi connectivity index (χ1v) is 22.3. The lowest BCUT2D eigenvalue weighted by Crippen LogP contribution is -2.29. The molecular weight excluding hydrogens is 665 g/mol. The molecule has 0 aromatic rings. The fourth-order valence-electron chi connectivity index (χ4n) is 5.84. The summed E-state index contributed by atoms with van der Waals surface area (Å²) in [4.78, 5) is 34.7. The van der Waals surface area contributed by atoms with E-state index in [9.17, 15) is 19.0 Å². The molecule has 0 heterocycles. The highest BCUT2D eigenvalue weighted by Gasteiger charge is 2.25. The summed E-state index contributed by atoms with van der Waals surface area (Å²) in [6, 6.07) is 0. The third-order valence-electron chi connectivity index (χ3n) is 8.93. The van der Waals surface area contributed by atoms with E-state index in [1.165, 1.54) is 153 Å². The average molecular weight is 745 g/mol. The van der Waals surface area contributed by atoms with Crippen LogP contribution in [0.2, 0.25) is 1.41 Å². The molecule has 0 rings (SSSR count). The van der Waals surface area contributed by atoms with Crippen LogP contribution in [0.15, 0.2) is 24.3 Å². The quantitative estimate of drug-likeness (QED) is 0.0272. The molecule has 0 radical (unpaired) electrons. The van der Waals surface area contributed by atoms with E-state index in [2.05, 4.69) is 19.6 Å². The van der Waals surface area contributed by atoms with E-state index >= 15 is 0 Å². The van der Waals surface area contributed by atoms with Gasteiger partial charge in [-0.25, -0.2) is 14.2 Å². The lowest BCUT2D eigenvalue weighted by atomic mass is 10.0. The first-order valence-electron chi connectivity index (χ1n) is 21.3. The predicted molar refractivity (Wildman–Crippen MR) is 211 cm³/mol. The Balaban J connectivity index is 4.32. The fraction of sp³-hybridized carbons (Fsp3) is 0.854. The highest BCUT2D eigenvalue weighted by molar-refractivity contribution is 7.47. The lowest BCUT2D eigenvalue weighted by molar-refractivity contribution is -0.154. The Morgan fingerprint density at radius 2 is 1.00 bits per heavy atom. The molecule has 2 atom stereocenters. The fourth-order valence-corrected chi connectivity index (χ4v) is 6.59. The second-order valence-electron chi connectivity index (χ2n) is 13.9. The summed E-state index contributed by atoms with van der Waals surface area (Å²) in [5, 5.41) is 0. The van der Waals surface area contributed by atoms with Crippen molar-refractivity contribution < 1.29 is 39.0 Å². The van der Waals surface area contributed by atoms with E-state index in [1.54, 1.807) is 12.2 Å². The maximum absolute atomic E-state index is 12.5. The van der Waals surface area contributed by atoms with E-state index in [0.29, 0.717) is 0 Å². The Morgan fingerprint density at radius 1 is 0.608 bits per heavy atom. The van der Waals surface area contributed by atoms with Crippen LogP contribution in [0.25, 0.3) is 0 Å². The highest BCUT2D eigenvalue weighted by atomic mass is 31.2. The SMILES string of the molecule is [2H]NCCOP(=O)(O)OC[C@@H](COC(=O)C=CCCCCCCCCCCCCCCC)OC(=O)C=CCCCCCCCCCCCCCCC. The number of unbranched alkanes of at least 4 members (excludes halogenated alkanes) is 26. The summed E-state index contributed by atoms with van der Waals surface area (Å²) in [6.07, 6.45) is 39.9. The van der Waals surface area contributed by atoms with Crippen LogP contribution < -0.4 is 5.73 Å². The number of ether oxygens (including phenoxy) is 2. The highest BCUT2D eigenvalue weighted by Crippen LogP contribution is 2.43. The van der Waals surface area contributed by atoms with Gasteiger partial charge in [0, 0.05) is 18.7 Å². The maximum Gasteiger partial charge on any atom is 0.472 e. The molecule has 0 aromatic carbocycles. The van der Waals surface area contributed by atoms with Crippen LogP contribution in [-0.4, -0.2) is 49.3 Å². The van der Waals surface area contributed by atoms with Crippen LogP contribution in [-0.2, 0) is 32.7 Å². The molecule has 0 aromatic heterocycles. The molecule has 0 saturated heterocycles. The molecule has 0 aliphatic carbocycles. The van der Waals surface area contributed by atoms with Gasteiger partial charge in [0.1, 0.15) is 8.02 Å². The lowest BCUT2D eigenvalue weighted by Gasteiger charge is -2.18. The molecule has 0 saturated carbocycles. The zero-order valence-electron chi connectivity index (χ0n) is 33.8. The first kappa shape index (κ1) is 47.5. The summed E-state index contributed by atoms with van der Waals surface area (Å²) in [7, 11) is -4.45. The standard InChI is InChI=1S/C41H78NO8P/c1-3-5-7-9-11-13-15-17-19-21-23-25-27-29-31-33-40(43)47-37-39(38-49-51(45,46)48-36-35-42)50-41(44)34-32-30-28-26-24-22-20-18-16-14-12-10-8-6-4-2/h31-34,39H,3-30,35-38,42H2,1-2H3,(H,45,46)/t39-/m1/s1/i/hD. The number of allylic oxidation sites excluding steroid dienone is 2. The van der Waals surface area contributed by atoms with Crippen molar-refractivity contribution >= 4 is 19.8 Å². The van der Waals surface area contributed by atoms with Gasteiger partial charge in [-0.1, -0.05) is 180 Å². The topological polar surface area (TPSA) is 134 Å². The summed E-state index contributed by atoms with van der Waals surface area (Å²) in [6.45, 7) is 3.47. The number of carbonyl (C=O) groups excluding carboxylic acids is 2. The van der Waals surface area contributed by atoms with Gasteiger partial charge in [-0.3, -0.25) is 9.05 Å². The molecule has 3 N–H and O–H groups in total. The summed E-state index contributed by atoms with van der Waals surface area (Å²) in [5.74, 6) is -1.23. The monoisotopic (exact) mass is 745 g/mol. The van der Waals surface area contributed by atoms with Crippen LogP contribution in [0.4, 0.5) is 0 Å². The Kier molecular flexibility index (Phi) is 35.6. The molecule has 300 valence electrons. The Hall–Kier alpha value is -1.51. The third-order valence-corrected chi connectivity index (χ3v) is 9.92. The van der Waals surface area contributed by atoms with Crippen molar-refractivity contribution in [2.24, 2.45) is 5.73 Å². The minimum atomic E-state index is -4.45. The van der Waals surface area contributed by atoms with Gasteiger partial charge in [0.2, 0.25) is 0 Å². The van der Waals surface area contributed by atoms with Gasteiger partial charge in [0.05, 0.1) is 13.2 Å². The Bertz CT molecular complexity index is 919. The molecule has 0 spiro atoms. The van der Waals surface area contributed by atoms with Crippen molar-refractivity contribution in [3.05, 3.63) is 24.3 Å². The average Bonchev–Trinajstić information content (AvgIpc) is 3.12. The molecule has 1 unspecified atom stereocenters. The zero-order valence-corrected chi connectivity index (χ0v) is 33.7. The normalized spacial score (nSPS) is 13.8. The van der Waals surface area contributed by atoms with Gasteiger partial charge in [-0.05, 0) is 25.7 Å². The maximum atomic E-state index is 12.5. The second kappa shape index (κ2) is 38.2. The van der Waals surface area contributed by atoms with E-state index in [0.717, 1.165) is 38.5 Å². The van der Waals surface area contributed by atoms with Crippen LogP contribution in [0.1, 0.15) is 194 Å². The van der Waals surface area contributed by atoms with Crippen molar-refractivity contribution in [1.82, 2.24) is 0 Å². The number of phosphoric acid groups is 1. The summed E-state index contributed by atoms with van der Waals surface area (Å²) >= 11 is 0. The number of rotatable bonds is 40. The van der Waals surface area contributed by atoms with Crippen LogP contribution in [0.5, 0.6) is 0 Å². The minimum absolute atomic E-state index is 0.0274. The van der Waals surface area contributed by atoms with Gasteiger partial charge in [-0.2, -0.15) is 0 Å². The number of nitrogens with two attached hydrogens (primary N) is 1. The number of hydrogen-bond donors (Lipinski definition) is 2. The number of esters is 2. The van der Waals surface area contributed by atoms with Crippen LogP contribution in [0, 0.1) is 0 Å². The van der Waals surface area contributed by atoms with Gasteiger partial charge in [-0.15, -0.1) is 0 Å². The van der Waals surface area contributed by atoms with Gasteiger partial charge < -0.3 is 20.1 Å². The first-order chi connectivity index (χ1) is 25.3. The molecule has 0 aliphatic heterocycles. The third kappa shape index (κ3) is 38.0. The molecule has 0 bridgehead atoms. The van der Waals surface area contributed by atoms with Gasteiger partial charge in [0.15, 0.2) is 6.10 Å². The molecular formula is C41H78NO8P. The molecule has 0 fully saturated rings. The molecule has 51 heavy (non-hydrogen) atoms. The van der Waals surface area contributed by atoms with Crippen molar-refractivity contribution in [2.45, 2.75) is 200 Å². The summed E-state index contributed by atoms with van der Waals surface area (Å²) < 4.78 is 39.5. The van der Waals surface area contributed by atoms with Crippen molar-refractivity contribution in [1.29, 1.82) is 0 Å². The number of hydrogen-bond acceptors (Lipinski definition) is 8. The molecule has 0 aliphatic rings.